The summed E-state index contributed by atoms with van der Waals surface area (Å²) in [7, 11) is -4.45. The maximum absolute atomic E-state index is 14.6. The van der Waals surface area contributed by atoms with Crippen LogP contribution in [-0.2, 0) is 21.4 Å². The number of benzene rings is 3. The molecule has 0 unspecified atom stereocenters. The molecule has 3 aromatic carbocycles. The Bertz CT molecular complexity index is 1630. The van der Waals surface area contributed by atoms with Crippen LogP contribution in [-0.4, -0.2) is 48.4 Å². The van der Waals surface area contributed by atoms with Gasteiger partial charge in [-0.15, -0.1) is 0 Å². The Hall–Kier alpha value is -3.97. The number of amides is 1. The zero-order valence-electron chi connectivity index (χ0n) is 23.4. The lowest BCUT2D eigenvalue weighted by Crippen LogP contribution is -2.41. The quantitative estimate of drug-likeness (QED) is 0.228. The molecule has 1 amide bonds. The number of likely N-dealkylation sites (N-methyl/N-ethyl adjacent to an activating group) is 1. The van der Waals surface area contributed by atoms with E-state index < -0.39 is 73.5 Å². The summed E-state index contributed by atoms with van der Waals surface area (Å²) in [5.41, 5.74) is 0.261. The first-order valence-electron chi connectivity index (χ1n) is 13.5. The zero-order valence-corrected chi connectivity index (χ0v) is 24.2. The first-order chi connectivity index (χ1) is 20.2. The molecule has 0 atom stereocenters. The molecule has 0 aromatic heterocycles. The minimum atomic E-state index is -5.26. The smallest absolute Gasteiger partial charge is 0.339 e. The number of rotatable bonds is 9. The lowest BCUT2D eigenvalue weighted by molar-refractivity contribution is -0.118. The largest absolute Gasteiger partial charge is 0.507 e. The van der Waals surface area contributed by atoms with Gasteiger partial charge in [0.05, 0.1) is 13.1 Å². The monoisotopic (exact) mass is 622 g/mol. The fraction of sp³-hybridized carbons (Fsp3) is 0.333. The number of carbonyl (C=O) groups excluding carboxylic acids is 1. The molecule has 0 aliphatic heterocycles. The average Bonchev–Trinajstić information content (AvgIpc) is 2.98. The number of phenols is 1. The van der Waals surface area contributed by atoms with Crippen LogP contribution >= 0.6 is 0 Å². The number of hydrogen-bond acceptors (Lipinski definition) is 5. The van der Waals surface area contributed by atoms with E-state index in [0.29, 0.717) is 11.5 Å². The van der Waals surface area contributed by atoms with E-state index in [9.17, 15) is 45.8 Å². The molecule has 43 heavy (non-hydrogen) atoms. The van der Waals surface area contributed by atoms with Gasteiger partial charge in [0.1, 0.15) is 11.3 Å². The molecular formula is C30H30F4N2O6S. The lowest BCUT2D eigenvalue weighted by atomic mass is 9.84. The topological polar surface area (TPSA) is 115 Å². The standard InChI is InChI=1S/C30H30F4N2O6S/c1-17-25(31)27(33)29(28(34)26(17)32)43(41,42)35(2)16-24(38)36(21-12-13-22(30(39)40)23(37)14-21)15-18-8-10-20(11-9-18)19-6-4-3-5-7-19/h8-14,19,37H,3-7,15-16H2,1-2H3,(H,39,40). The van der Waals surface area contributed by atoms with Gasteiger partial charge in [0.15, 0.2) is 28.2 Å². The molecule has 0 saturated heterocycles. The van der Waals surface area contributed by atoms with Gasteiger partial charge in [-0.25, -0.2) is 30.8 Å². The van der Waals surface area contributed by atoms with Crippen molar-refractivity contribution in [1.29, 1.82) is 0 Å². The van der Waals surface area contributed by atoms with E-state index in [1.165, 1.54) is 12.5 Å². The van der Waals surface area contributed by atoms with E-state index in [0.717, 1.165) is 62.3 Å². The van der Waals surface area contributed by atoms with Gasteiger partial charge < -0.3 is 15.1 Å². The number of hydrogen-bond donors (Lipinski definition) is 2. The van der Waals surface area contributed by atoms with Gasteiger partial charge >= 0.3 is 5.97 Å². The second-order valence-electron chi connectivity index (χ2n) is 10.5. The fourth-order valence-electron chi connectivity index (χ4n) is 5.17. The highest BCUT2D eigenvalue weighted by atomic mass is 32.2. The van der Waals surface area contributed by atoms with E-state index >= 15 is 0 Å². The molecular weight excluding hydrogens is 592 g/mol. The summed E-state index contributed by atoms with van der Waals surface area (Å²) in [4.78, 5) is 24.1. The van der Waals surface area contributed by atoms with Gasteiger partial charge in [-0.05, 0) is 48.9 Å². The number of nitrogens with zero attached hydrogens (tertiary/aromatic N) is 2. The molecule has 0 heterocycles. The van der Waals surface area contributed by atoms with Crippen molar-refractivity contribution >= 4 is 27.6 Å². The summed E-state index contributed by atoms with van der Waals surface area (Å²) in [6, 6.07) is 10.7. The van der Waals surface area contributed by atoms with Gasteiger partial charge in [0.25, 0.3) is 0 Å². The molecule has 2 N–H and O–H groups in total. The summed E-state index contributed by atoms with van der Waals surface area (Å²) >= 11 is 0. The molecule has 8 nitrogen and oxygen atoms in total. The molecule has 4 rings (SSSR count). The Morgan fingerprint density at radius 3 is 2.02 bits per heavy atom. The van der Waals surface area contributed by atoms with Crippen molar-refractivity contribution in [2.24, 2.45) is 0 Å². The molecule has 0 bridgehead atoms. The van der Waals surface area contributed by atoms with Gasteiger partial charge in [-0.2, -0.15) is 4.31 Å². The number of aromatic carboxylic acids is 1. The number of aromatic hydroxyl groups is 1. The lowest BCUT2D eigenvalue weighted by Gasteiger charge is -2.27. The van der Waals surface area contributed by atoms with Crippen LogP contribution in [0.25, 0.3) is 0 Å². The Morgan fingerprint density at radius 2 is 1.49 bits per heavy atom. The maximum Gasteiger partial charge on any atom is 0.339 e. The number of carboxylic acid groups (broad SMARTS) is 1. The minimum Gasteiger partial charge on any atom is -0.507 e. The second-order valence-corrected chi connectivity index (χ2v) is 12.5. The summed E-state index contributed by atoms with van der Waals surface area (Å²) in [5, 5.41) is 19.5. The van der Waals surface area contributed by atoms with Crippen molar-refractivity contribution in [3.63, 3.8) is 0 Å². The Balaban J connectivity index is 1.66. The Kier molecular flexibility index (Phi) is 9.45. The van der Waals surface area contributed by atoms with Crippen LogP contribution in [0.3, 0.4) is 0 Å². The van der Waals surface area contributed by atoms with E-state index in [4.69, 9.17) is 0 Å². The van der Waals surface area contributed by atoms with Crippen LogP contribution < -0.4 is 4.90 Å². The molecule has 1 aliphatic rings. The Morgan fingerprint density at radius 1 is 0.907 bits per heavy atom. The molecule has 13 heteroatoms. The van der Waals surface area contributed by atoms with Crippen LogP contribution in [0.15, 0.2) is 47.4 Å². The van der Waals surface area contributed by atoms with Crippen molar-refractivity contribution in [2.45, 2.75) is 56.4 Å². The summed E-state index contributed by atoms with van der Waals surface area (Å²) in [6.45, 7) is -0.439. The van der Waals surface area contributed by atoms with Crippen LogP contribution in [0.4, 0.5) is 23.2 Å². The van der Waals surface area contributed by atoms with Crippen molar-refractivity contribution in [1.82, 2.24) is 4.31 Å². The minimum absolute atomic E-state index is 0.000518. The van der Waals surface area contributed by atoms with Crippen molar-refractivity contribution in [2.75, 3.05) is 18.5 Å². The predicted molar refractivity (Wildman–Crippen MR) is 149 cm³/mol. The Labute approximate surface area is 246 Å². The third-order valence-corrected chi connectivity index (χ3v) is 9.51. The van der Waals surface area contributed by atoms with Crippen molar-refractivity contribution in [3.8, 4) is 5.75 Å². The zero-order chi connectivity index (χ0) is 31.6. The summed E-state index contributed by atoms with van der Waals surface area (Å²) in [5.74, 6) is -10.6. The molecule has 3 aromatic rings. The fourth-order valence-corrected chi connectivity index (χ4v) is 6.39. The molecule has 1 saturated carbocycles. The first-order valence-corrected chi connectivity index (χ1v) is 14.9. The summed E-state index contributed by atoms with van der Waals surface area (Å²) in [6.07, 6.45) is 5.59. The van der Waals surface area contributed by atoms with Crippen LogP contribution in [0.2, 0.25) is 0 Å². The molecule has 0 radical (unpaired) electrons. The van der Waals surface area contributed by atoms with Crippen LogP contribution in [0.1, 0.15) is 65.1 Å². The third-order valence-electron chi connectivity index (χ3n) is 7.69. The number of sulfonamides is 1. The number of carbonyl (C=O) groups is 2. The molecule has 0 spiro atoms. The van der Waals surface area contributed by atoms with Gasteiger partial charge in [0.2, 0.25) is 15.9 Å². The second kappa shape index (κ2) is 12.7. The van der Waals surface area contributed by atoms with E-state index in [2.05, 4.69) is 0 Å². The first kappa shape index (κ1) is 32.0. The molecule has 1 fully saturated rings. The van der Waals surface area contributed by atoms with Gasteiger partial charge in [-0.3, -0.25) is 4.79 Å². The highest BCUT2D eigenvalue weighted by molar-refractivity contribution is 7.89. The van der Waals surface area contributed by atoms with Gasteiger partial charge in [0, 0.05) is 24.4 Å². The van der Waals surface area contributed by atoms with Gasteiger partial charge in [-0.1, -0.05) is 43.5 Å². The van der Waals surface area contributed by atoms with Crippen LogP contribution in [0.5, 0.6) is 5.75 Å². The van der Waals surface area contributed by atoms with E-state index in [-0.39, 0.29) is 16.5 Å². The van der Waals surface area contributed by atoms with E-state index in [1.54, 1.807) is 12.1 Å². The van der Waals surface area contributed by atoms with Crippen molar-refractivity contribution in [3.05, 3.63) is 88.0 Å². The molecule has 1 aliphatic carbocycles. The third kappa shape index (κ3) is 6.52. The molecule has 230 valence electrons. The maximum atomic E-state index is 14.6. The number of carboxylic acids is 1. The van der Waals surface area contributed by atoms with Crippen LogP contribution in [0, 0.1) is 30.2 Å². The summed E-state index contributed by atoms with van der Waals surface area (Å²) < 4.78 is 83.8. The predicted octanol–water partition coefficient (Wildman–Crippen LogP) is 5.86. The SMILES string of the molecule is Cc1c(F)c(F)c(S(=O)(=O)N(C)CC(=O)N(Cc2ccc(C3CCCCC3)cc2)c2ccc(C(=O)O)c(O)c2)c(F)c1F. The highest BCUT2D eigenvalue weighted by Crippen LogP contribution is 2.34. The number of anilines is 1. The number of halogens is 4. The highest BCUT2D eigenvalue weighted by Gasteiger charge is 2.36. The van der Waals surface area contributed by atoms with Crippen molar-refractivity contribution < 1.29 is 45.8 Å². The van der Waals surface area contributed by atoms with E-state index in [1.807, 2.05) is 12.1 Å². The normalized spacial score (nSPS) is 14.2. The average molecular weight is 623 g/mol.